The number of hydrogen-bond acceptors (Lipinski definition) is 3. The van der Waals surface area contributed by atoms with Crippen molar-refractivity contribution in [3.05, 3.63) is 28.5 Å². The van der Waals surface area contributed by atoms with E-state index in [9.17, 15) is 12.8 Å². The van der Waals surface area contributed by atoms with Crippen molar-refractivity contribution < 1.29 is 12.8 Å². The minimum Gasteiger partial charge on any atom is -0.315 e. The first-order chi connectivity index (χ1) is 9.46. The van der Waals surface area contributed by atoms with Crippen LogP contribution in [0, 0.1) is 5.82 Å². The normalized spacial score (nSPS) is 20.3. The molecule has 1 saturated heterocycles. The van der Waals surface area contributed by atoms with Crippen molar-refractivity contribution in [2.75, 3.05) is 19.6 Å². The second-order valence-electron chi connectivity index (χ2n) is 4.78. The molecule has 0 radical (unpaired) electrons. The van der Waals surface area contributed by atoms with Gasteiger partial charge >= 0.3 is 0 Å². The summed E-state index contributed by atoms with van der Waals surface area (Å²) in [7, 11) is -3.66. The fraction of sp³-hybridized carbons (Fsp3) is 0.538. The van der Waals surface area contributed by atoms with Crippen LogP contribution in [0.15, 0.2) is 27.6 Å². The number of halogens is 2. The summed E-state index contributed by atoms with van der Waals surface area (Å²) >= 11 is 3.03. The Balaban J connectivity index is 2.32. The van der Waals surface area contributed by atoms with Crippen molar-refractivity contribution in [1.29, 1.82) is 0 Å². The van der Waals surface area contributed by atoms with Crippen LogP contribution in [0.4, 0.5) is 4.39 Å². The first kappa shape index (κ1) is 15.9. The fourth-order valence-corrected chi connectivity index (χ4v) is 4.40. The molecule has 0 bridgehead atoms. The molecule has 1 N–H and O–H groups in total. The van der Waals surface area contributed by atoms with E-state index in [1.165, 1.54) is 16.4 Å². The van der Waals surface area contributed by atoms with E-state index in [0.717, 1.165) is 25.5 Å². The molecule has 0 spiro atoms. The summed E-state index contributed by atoms with van der Waals surface area (Å²) < 4.78 is 40.6. The first-order valence-corrected chi connectivity index (χ1v) is 8.87. The van der Waals surface area contributed by atoms with Gasteiger partial charge in [0.25, 0.3) is 0 Å². The first-order valence-electron chi connectivity index (χ1n) is 6.64. The van der Waals surface area contributed by atoms with E-state index in [4.69, 9.17) is 0 Å². The zero-order chi connectivity index (χ0) is 14.8. The van der Waals surface area contributed by atoms with Gasteiger partial charge < -0.3 is 5.32 Å². The predicted octanol–water partition coefficient (Wildman–Crippen LogP) is 2.35. The van der Waals surface area contributed by atoms with Crippen LogP contribution in [0.5, 0.6) is 0 Å². The van der Waals surface area contributed by atoms with Gasteiger partial charge in [-0.3, -0.25) is 0 Å². The lowest BCUT2D eigenvalue weighted by Gasteiger charge is -2.33. The zero-order valence-corrected chi connectivity index (χ0v) is 13.7. The number of sulfonamides is 1. The van der Waals surface area contributed by atoms with E-state index in [-0.39, 0.29) is 15.4 Å². The van der Waals surface area contributed by atoms with Crippen molar-refractivity contribution in [3.63, 3.8) is 0 Å². The van der Waals surface area contributed by atoms with E-state index in [2.05, 4.69) is 21.2 Å². The van der Waals surface area contributed by atoms with Crippen molar-refractivity contribution in [2.24, 2.45) is 0 Å². The smallest absolute Gasteiger partial charge is 0.243 e. The number of hydrogen-bond donors (Lipinski definition) is 1. The molecule has 20 heavy (non-hydrogen) atoms. The van der Waals surface area contributed by atoms with E-state index in [0.29, 0.717) is 13.1 Å². The Kier molecular flexibility index (Phi) is 5.17. The molecule has 0 aliphatic carbocycles. The highest BCUT2D eigenvalue weighted by Crippen LogP contribution is 2.24. The largest absolute Gasteiger partial charge is 0.315 e. The van der Waals surface area contributed by atoms with Gasteiger partial charge in [0.15, 0.2) is 0 Å². The highest BCUT2D eigenvalue weighted by atomic mass is 79.9. The molecular formula is C13H18BrFN2O2S. The van der Waals surface area contributed by atoms with Crippen LogP contribution in [0.25, 0.3) is 0 Å². The van der Waals surface area contributed by atoms with Crippen LogP contribution in [0.2, 0.25) is 0 Å². The monoisotopic (exact) mass is 364 g/mol. The van der Waals surface area contributed by atoms with Gasteiger partial charge in [-0.05, 0) is 53.5 Å². The Bertz CT molecular complexity index is 574. The molecular weight excluding hydrogens is 347 g/mol. The molecule has 1 unspecified atom stereocenters. The standard InChI is InChI=1S/C13H18BrFN2O2S/c1-2-17(10-4-3-7-16-9-10)20(18,19)11-5-6-12(14)13(15)8-11/h5-6,8,10,16H,2-4,7,9H2,1H3. The summed E-state index contributed by atoms with van der Waals surface area (Å²) in [4.78, 5) is 0.00521. The highest BCUT2D eigenvalue weighted by Gasteiger charge is 2.31. The van der Waals surface area contributed by atoms with Crippen LogP contribution in [-0.4, -0.2) is 38.4 Å². The molecule has 0 saturated carbocycles. The summed E-state index contributed by atoms with van der Waals surface area (Å²) in [6.07, 6.45) is 1.78. The van der Waals surface area contributed by atoms with Crippen LogP contribution in [0.3, 0.4) is 0 Å². The van der Waals surface area contributed by atoms with Crippen molar-refractivity contribution in [1.82, 2.24) is 9.62 Å². The molecule has 1 heterocycles. The average Bonchev–Trinajstić information content (AvgIpc) is 2.43. The predicted molar refractivity (Wildman–Crippen MR) is 79.6 cm³/mol. The maximum absolute atomic E-state index is 13.6. The van der Waals surface area contributed by atoms with Crippen LogP contribution in [-0.2, 0) is 10.0 Å². The third-order valence-corrected chi connectivity index (χ3v) is 6.15. The summed E-state index contributed by atoms with van der Waals surface area (Å²) in [5, 5.41) is 3.21. The van der Waals surface area contributed by atoms with Gasteiger partial charge in [0.2, 0.25) is 10.0 Å². The summed E-state index contributed by atoms with van der Waals surface area (Å²) in [6.45, 7) is 3.75. The van der Waals surface area contributed by atoms with Gasteiger partial charge in [0.1, 0.15) is 5.82 Å². The number of rotatable bonds is 4. The maximum atomic E-state index is 13.6. The van der Waals surface area contributed by atoms with Crippen molar-refractivity contribution in [2.45, 2.75) is 30.7 Å². The molecule has 1 aliphatic heterocycles. The lowest BCUT2D eigenvalue weighted by molar-refractivity contribution is 0.274. The second-order valence-corrected chi connectivity index (χ2v) is 7.53. The minimum absolute atomic E-state index is 0.00521. The lowest BCUT2D eigenvalue weighted by Crippen LogP contribution is -2.48. The molecule has 0 amide bonds. The third kappa shape index (κ3) is 3.21. The lowest BCUT2D eigenvalue weighted by atomic mass is 10.1. The molecule has 1 aliphatic rings. The van der Waals surface area contributed by atoms with E-state index in [1.54, 1.807) is 6.92 Å². The third-order valence-electron chi connectivity index (χ3n) is 3.49. The second kappa shape index (κ2) is 6.51. The molecule has 1 aromatic rings. The van der Waals surface area contributed by atoms with Gasteiger partial charge in [0, 0.05) is 19.1 Å². The topological polar surface area (TPSA) is 49.4 Å². The fourth-order valence-electron chi connectivity index (χ4n) is 2.48. The Labute approximate surface area is 127 Å². The number of nitrogens with one attached hydrogen (secondary N) is 1. The Morgan fingerprint density at radius 1 is 1.50 bits per heavy atom. The van der Waals surface area contributed by atoms with Gasteiger partial charge in [-0.25, -0.2) is 12.8 Å². The molecule has 4 nitrogen and oxygen atoms in total. The van der Waals surface area contributed by atoms with E-state index >= 15 is 0 Å². The van der Waals surface area contributed by atoms with Gasteiger partial charge in [-0.2, -0.15) is 4.31 Å². The number of benzene rings is 1. The van der Waals surface area contributed by atoms with E-state index < -0.39 is 15.8 Å². The summed E-state index contributed by atoms with van der Waals surface area (Å²) in [5.41, 5.74) is 0. The van der Waals surface area contributed by atoms with Crippen LogP contribution >= 0.6 is 15.9 Å². The minimum atomic E-state index is -3.66. The van der Waals surface area contributed by atoms with E-state index in [1.807, 2.05) is 0 Å². The summed E-state index contributed by atoms with van der Waals surface area (Å²) in [5.74, 6) is -0.566. The van der Waals surface area contributed by atoms with Crippen LogP contribution in [0.1, 0.15) is 19.8 Å². The van der Waals surface area contributed by atoms with Crippen molar-refractivity contribution in [3.8, 4) is 0 Å². The Morgan fingerprint density at radius 2 is 2.25 bits per heavy atom. The SMILES string of the molecule is CCN(C1CCCNC1)S(=O)(=O)c1ccc(Br)c(F)c1. The van der Waals surface area contributed by atoms with Crippen molar-refractivity contribution >= 4 is 26.0 Å². The van der Waals surface area contributed by atoms with Gasteiger partial charge in [-0.15, -0.1) is 0 Å². The molecule has 7 heteroatoms. The number of piperidine rings is 1. The average molecular weight is 365 g/mol. The van der Waals surface area contributed by atoms with Crippen LogP contribution < -0.4 is 5.32 Å². The Hall–Kier alpha value is -0.500. The quantitative estimate of drug-likeness (QED) is 0.891. The summed E-state index contributed by atoms with van der Waals surface area (Å²) in [6, 6.07) is 3.86. The Morgan fingerprint density at radius 3 is 2.80 bits per heavy atom. The molecule has 1 aromatic carbocycles. The highest BCUT2D eigenvalue weighted by molar-refractivity contribution is 9.10. The number of nitrogens with zero attached hydrogens (tertiary/aromatic N) is 1. The number of likely N-dealkylation sites (N-methyl/N-ethyl adjacent to an activating group) is 1. The molecule has 1 fully saturated rings. The molecule has 0 aromatic heterocycles. The molecule has 2 rings (SSSR count). The van der Waals surface area contributed by atoms with Gasteiger partial charge in [0.05, 0.1) is 9.37 Å². The zero-order valence-electron chi connectivity index (χ0n) is 11.3. The molecule has 112 valence electrons. The van der Waals surface area contributed by atoms with Gasteiger partial charge in [-0.1, -0.05) is 6.92 Å². The maximum Gasteiger partial charge on any atom is 0.243 e. The molecule has 1 atom stereocenters.